The van der Waals surface area contributed by atoms with E-state index in [-0.39, 0.29) is 10.8 Å². The summed E-state index contributed by atoms with van der Waals surface area (Å²) in [6.07, 6.45) is 4.73. The van der Waals surface area contributed by atoms with Gasteiger partial charge in [-0.1, -0.05) is 26.1 Å². The number of hydrogen-bond acceptors (Lipinski definition) is 2. The molecule has 1 aromatic rings. The zero-order valence-corrected chi connectivity index (χ0v) is 13.3. The Morgan fingerprint density at radius 1 is 1.35 bits per heavy atom. The molecule has 1 aliphatic rings. The Balaban J connectivity index is 2.21. The second kappa shape index (κ2) is 5.68. The Hall–Kier alpha value is -1.16. The highest BCUT2D eigenvalue weighted by molar-refractivity contribution is 7.80. The molecule has 2 N–H and O–H groups in total. The summed E-state index contributed by atoms with van der Waals surface area (Å²) < 4.78 is 13.4. The minimum absolute atomic E-state index is 0.252. The third-order valence-corrected chi connectivity index (χ3v) is 4.68. The molecule has 0 spiro atoms. The first-order chi connectivity index (χ1) is 9.30. The molecule has 0 amide bonds. The van der Waals surface area contributed by atoms with Gasteiger partial charge >= 0.3 is 0 Å². The van der Waals surface area contributed by atoms with Crippen LogP contribution < -0.4 is 10.6 Å². The van der Waals surface area contributed by atoms with Crippen LogP contribution in [-0.4, -0.2) is 18.1 Å². The summed E-state index contributed by atoms with van der Waals surface area (Å²) in [5, 5.41) is 0. The van der Waals surface area contributed by atoms with Gasteiger partial charge in [0.1, 0.15) is 10.8 Å². The number of rotatable bonds is 3. The summed E-state index contributed by atoms with van der Waals surface area (Å²) >= 11 is 5.05. The molecule has 1 aliphatic carbocycles. The fourth-order valence-corrected chi connectivity index (χ4v) is 3.14. The summed E-state index contributed by atoms with van der Waals surface area (Å²) in [5.41, 5.74) is 7.73. The van der Waals surface area contributed by atoms with Gasteiger partial charge in [-0.05, 0) is 49.3 Å². The van der Waals surface area contributed by atoms with E-state index in [9.17, 15) is 4.39 Å². The first-order valence-corrected chi connectivity index (χ1v) is 7.53. The Morgan fingerprint density at radius 3 is 2.50 bits per heavy atom. The number of thiocarbonyl (C=S) groups is 1. The molecule has 20 heavy (non-hydrogen) atoms. The average molecular weight is 294 g/mol. The lowest BCUT2D eigenvalue weighted by molar-refractivity contribution is 0.222. The SMILES string of the molecule is CN(c1ccc(F)cc1C(N)=S)C1CCC(C)(C)CC1. The summed E-state index contributed by atoms with van der Waals surface area (Å²) in [4.78, 5) is 2.46. The normalized spacial score (nSPS) is 18.8. The highest BCUT2D eigenvalue weighted by Crippen LogP contribution is 2.38. The largest absolute Gasteiger partial charge is 0.389 e. The first kappa shape index (κ1) is 15.2. The number of nitrogens with two attached hydrogens (primary N) is 1. The summed E-state index contributed by atoms with van der Waals surface area (Å²) in [6, 6.07) is 5.16. The van der Waals surface area contributed by atoms with E-state index in [1.165, 1.54) is 25.0 Å². The van der Waals surface area contributed by atoms with Crippen LogP contribution in [0.1, 0.15) is 45.1 Å². The van der Waals surface area contributed by atoms with Crippen LogP contribution in [0, 0.1) is 11.2 Å². The van der Waals surface area contributed by atoms with Crippen LogP contribution in [0.25, 0.3) is 0 Å². The standard InChI is InChI=1S/C16H23FN2S/c1-16(2)8-6-12(7-9-16)19(3)14-5-4-11(17)10-13(14)15(18)20/h4-5,10,12H,6-9H2,1-3H3,(H2,18,20). The van der Waals surface area contributed by atoms with E-state index in [0.717, 1.165) is 18.5 Å². The molecule has 0 bridgehead atoms. The molecule has 1 aromatic carbocycles. The van der Waals surface area contributed by atoms with Gasteiger partial charge in [-0.3, -0.25) is 0 Å². The van der Waals surface area contributed by atoms with Crippen molar-refractivity contribution in [2.75, 3.05) is 11.9 Å². The fraction of sp³-hybridized carbons (Fsp3) is 0.562. The zero-order chi connectivity index (χ0) is 14.9. The molecule has 0 aliphatic heterocycles. The average Bonchev–Trinajstić information content (AvgIpc) is 2.37. The number of hydrogen-bond donors (Lipinski definition) is 1. The van der Waals surface area contributed by atoms with Gasteiger partial charge in [0.15, 0.2) is 0 Å². The number of nitrogens with zero attached hydrogens (tertiary/aromatic N) is 1. The third-order valence-electron chi connectivity index (χ3n) is 4.46. The van der Waals surface area contributed by atoms with Gasteiger partial charge in [0.2, 0.25) is 0 Å². The van der Waals surface area contributed by atoms with E-state index in [2.05, 4.69) is 25.8 Å². The molecule has 2 nitrogen and oxygen atoms in total. The van der Waals surface area contributed by atoms with Crippen molar-refractivity contribution in [2.45, 2.75) is 45.6 Å². The van der Waals surface area contributed by atoms with Crippen LogP contribution in [0.3, 0.4) is 0 Å². The summed E-state index contributed by atoms with van der Waals surface area (Å²) in [7, 11) is 2.05. The van der Waals surface area contributed by atoms with Crippen molar-refractivity contribution in [1.29, 1.82) is 0 Å². The van der Waals surface area contributed by atoms with E-state index in [0.29, 0.717) is 17.0 Å². The maximum Gasteiger partial charge on any atom is 0.124 e. The van der Waals surface area contributed by atoms with Crippen molar-refractivity contribution < 1.29 is 4.39 Å². The van der Waals surface area contributed by atoms with Crippen LogP contribution >= 0.6 is 12.2 Å². The fourth-order valence-electron chi connectivity index (χ4n) is 2.98. The van der Waals surface area contributed by atoms with Crippen LogP contribution in [0.5, 0.6) is 0 Å². The van der Waals surface area contributed by atoms with Crippen LogP contribution in [-0.2, 0) is 0 Å². The van der Waals surface area contributed by atoms with Crippen LogP contribution in [0.4, 0.5) is 10.1 Å². The smallest absolute Gasteiger partial charge is 0.124 e. The summed E-state index contributed by atoms with van der Waals surface area (Å²) in [6.45, 7) is 4.64. The van der Waals surface area contributed by atoms with Gasteiger partial charge in [-0.15, -0.1) is 0 Å². The van der Waals surface area contributed by atoms with Gasteiger partial charge in [-0.25, -0.2) is 4.39 Å². The predicted octanol–water partition coefficient (Wildman–Crippen LogP) is 3.86. The second-order valence-corrected chi connectivity index (χ2v) is 6.97. The van der Waals surface area contributed by atoms with Crippen molar-refractivity contribution >= 4 is 22.9 Å². The minimum Gasteiger partial charge on any atom is -0.389 e. The minimum atomic E-state index is -0.297. The lowest BCUT2D eigenvalue weighted by Crippen LogP contribution is -2.38. The molecule has 2 rings (SSSR count). The van der Waals surface area contributed by atoms with Crippen molar-refractivity contribution in [1.82, 2.24) is 0 Å². The van der Waals surface area contributed by atoms with E-state index < -0.39 is 0 Å². The molecule has 0 atom stereocenters. The highest BCUT2D eigenvalue weighted by atomic mass is 32.1. The Bertz CT molecular complexity index is 503. The van der Waals surface area contributed by atoms with Gasteiger partial charge < -0.3 is 10.6 Å². The molecule has 0 unspecified atom stereocenters. The maximum absolute atomic E-state index is 13.4. The third kappa shape index (κ3) is 3.29. The quantitative estimate of drug-likeness (QED) is 0.858. The number of anilines is 1. The van der Waals surface area contributed by atoms with Crippen LogP contribution in [0.2, 0.25) is 0 Å². The van der Waals surface area contributed by atoms with Crippen molar-refractivity contribution in [2.24, 2.45) is 11.1 Å². The highest BCUT2D eigenvalue weighted by Gasteiger charge is 2.29. The number of halogens is 1. The van der Waals surface area contributed by atoms with Crippen molar-refractivity contribution in [3.63, 3.8) is 0 Å². The Labute approximate surface area is 126 Å². The second-order valence-electron chi connectivity index (χ2n) is 6.53. The zero-order valence-electron chi connectivity index (χ0n) is 12.4. The molecular weight excluding hydrogens is 271 g/mol. The molecule has 0 aromatic heterocycles. The molecule has 1 saturated carbocycles. The lowest BCUT2D eigenvalue weighted by Gasteiger charge is -2.40. The van der Waals surface area contributed by atoms with Crippen molar-refractivity contribution in [3.8, 4) is 0 Å². The molecule has 0 saturated heterocycles. The molecule has 110 valence electrons. The first-order valence-electron chi connectivity index (χ1n) is 7.12. The Morgan fingerprint density at radius 2 is 1.95 bits per heavy atom. The van der Waals surface area contributed by atoms with Crippen LogP contribution in [0.15, 0.2) is 18.2 Å². The Kier molecular flexibility index (Phi) is 4.33. The monoisotopic (exact) mass is 294 g/mol. The van der Waals surface area contributed by atoms with E-state index in [1.807, 2.05) is 0 Å². The van der Waals surface area contributed by atoms with Crippen molar-refractivity contribution in [3.05, 3.63) is 29.6 Å². The molecule has 4 heteroatoms. The molecule has 0 radical (unpaired) electrons. The van der Waals surface area contributed by atoms with Gasteiger partial charge in [0, 0.05) is 24.3 Å². The summed E-state index contributed by atoms with van der Waals surface area (Å²) in [5.74, 6) is -0.297. The van der Waals surface area contributed by atoms with Gasteiger partial charge in [-0.2, -0.15) is 0 Å². The predicted molar refractivity (Wildman–Crippen MR) is 86.7 cm³/mol. The molecule has 1 fully saturated rings. The van der Waals surface area contributed by atoms with Gasteiger partial charge in [0.05, 0.1) is 0 Å². The van der Waals surface area contributed by atoms with Gasteiger partial charge in [0.25, 0.3) is 0 Å². The molecule has 0 heterocycles. The van der Waals surface area contributed by atoms with E-state index in [4.69, 9.17) is 18.0 Å². The molecular formula is C16H23FN2S. The maximum atomic E-state index is 13.4. The lowest BCUT2D eigenvalue weighted by atomic mass is 9.75. The van der Waals surface area contributed by atoms with E-state index in [1.54, 1.807) is 6.07 Å². The van der Waals surface area contributed by atoms with E-state index >= 15 is 0 Å². The topological polar surface area (TPSA) is 29.3 Å². The number of benzene rings is 1.